The first-order valence-corrected chi connectivity index (χ1v) is 10.3. The van der Waals surface area contributed by atoms with Crippen molar-refractivity contribution in [1.29, 1.82) is 0 Å². The van der Waals surface area contributed by atoms with Crippen LogP contribution in [0.2, 0.25) is 0 Å². The van der Waals surface area contributed by atoms with Crippen molar-refractivity contribution in [2.24, 2.45) is 5.92 Å². The number of hydrogen-bond acceptors (Lipinski definition) is 3. The van der Waals surface area contributed by atoms with E-state index in [9.17, 15) is 9.59 Å². The van der Waals surface area contributed by atoms with Crippen molar-refractivity contribution in [2.45, 2.75) is 56.2 Å². The Hall–Kier alpha value is -0.910. The van der Waals surface area contributed by atoms with Gasteiger partial charge in [-0.3, -0.25) is 4.79 Å². The van der Waals surface area contributed by atoms with Gasteiger partial charge in [0.15, 0.2) is 0 Å². The molecule has 1 N–H and O–H groups in total. The summed E-state index contributed by atoms with van der Waals surface area (Å²) in [5, 5.41) is 3.92. The molecule has 3 amide bonds. The maximum atomic E-state index is 12.5. The highest BCUT2D eigenvalue weighted by molar-refractivity contribution is 7.99. The summed E-state index contributed by atoms with van der Waals surface area (Å²) in [5.41, 5.74) is 0. The summed E-state index contributed by atoms with van der Waals surface area (Å²) in [5.74, 6) is 0.587. The van der Waals surface area contributed by atoms with Crippen LogP contribution in [-0.4, -0.2) is 65.5 Å². The van der Waals surface area contributed by atoms with E-state index in [4.69, 9.17) is 0 Å². The Morgan fingerprint density at radius 1 is 0.957 bits per heavy atom. The van der Waals surface area contributed by atoms with Crippen LogP contribution in [0.4, 0.5) is 4.79 Å². The van der Waals surface area contributed by atoms with Crippen molar-refractivity contribution in [3.63, 3.8) is 0 Å². The van der Waals surface area contributed by atoms with E-state index in [0.29, 0.717) is 30.3 Å². The molecular formula is C17H29N3O2S. The van der Waals surface area contributed by atoms with Gasteiger partial charge in [0.1, 0.15) is 0 Å². The van der Waals surface area contributed by atoms with Gasteiger partial charge in [-0.1, -0.05) is 6.42 Å². The molecule has 5 nitrogen and oxygen atoms in total. The van der Waals surface area contributed by atoms with Crippen molar-refractivity contribution in [3.8, 4) is 0 Å². The largest absolute Gasteiger partial charge is 0.341 e. The first-order valence-electron chi connectivity index (χ1n) is 9.04. The smallest absolute Gasteiger partial charge is 0.317 e. The quantitative estimate of drug-likeness (QED) is 0.858. The summed E-state index contributed by atoms with van der Waals surface area (Å²) in [6.07, 6.45) is 9.83. The lowest BCUT2D eigenvalue weighted by atomic mass is 9.95. The van der Waals surface area contributed by atoms with Gasteiger partial charge in [0.05, 0.1) is 0 Å². The Bertz CT molecular complexity index is 442. The lowest BCUT2D eigenvalue weighted by Gasteiger charge is -2.31. The van der Waals surface area contributed by atoms with Gasteiger partial charge in [-0.05, 0) is 44.8 Å². The van der Waals surface area contributed by atoms with Crippen LogP contribution >= 0.6 is 11.8 Å². The number of carbonyl (C=O) groups excluding carboxylic acids is 2. The Morgan fingerprint density at radius 2 is 1.70 bits per heavy atom. The standard InChI is InChI=1S/C17H29N3O2S/c1-23-15-5-2-4-14(12-15)18-17(22)20-9-3-8-19(10-11-20)16(21)13-6-7-13/h13-15H,2-12H2,1H3,(H,18,22)/t14-,15-/m0/s1. The van der Waals surface area contributed by atoms with Gasteiger partial charge in [0.2, 0.25) is 5.91 Å². The van der Waals surface area contributed by atoms with Gasteiger partial charge in [0, 0.05) is 43.4 Å². The number of urea groups is 1. The number of carbonyl (C=O) groups is 2. The molecule has 3 fully saturated rings. The zero-order valence-electron chi connectivity index (χ0n) is 14.1. The Kier molecular flexibility index (Phi) is 5.72. The second-order valence-corrected chi connectivity index (χ2v) is 8.25. The SMILES string of the molecule is CS[C@H]1CCC[C@H](NC(=O)N2CCCN(C(=O)C3CC3)CC2)C1. The average molecular weight is 340 g/mol. The van der Waals surface area contributed by atoms with E-state index in [1.165, 1.54) is 12.8 Å². The van der Waals surface area contributed by atoms with Gasteiger partial charge in [-0.25, -0.2) is 4.79 Å². The van der Waals surface area contributed by atoms with Crippen LogP contribution in [0.3, 0.4) is 0 Å². The molecule has 0 aromatic rings. The summed E-state index contributed by atoms with van der Waals surface area (Å²) in [7, 11) is 0. The molecule has 3 rings (SSSR count). The summed E-state index contributed by atoms with van der Waals surface area (Å²) < 4.78 is 0. The molecule has 2 aliphatic carbocycles. The summed E-state index contributed by atoms with van der Waals surface area (Å²) in [6, 6.07) is 0.388. The normalized spacial score (nSPS) is 29.1. The molecular weight excluding hydrogens is 310 g/mol. The molecule has 0 bridgehead atoms. The summed E-state index contributed by atoms with van der Waals surface area (Å²) >= 11 is 1.92. The minimum Gasteiger partial charge on any atom is -0.341 e. The molecule has 23 heavy (non-hydrogen) atoms. The summed E-state index contributed by atoms with van der Waals surface area (Å²) in [4.78, 5) is 28.6. The lowest BCUT2D eigenvalue weighted by Crippen LogP contribution is -2.48. The highest BCUT2D eigenvalue weighted by Crippen LogP contribution is 2.31. The fourth-order valence-electron chi connectivity index (χ4n) is 3.69. The van der Waals surface area contributed by atoms with Crippen LogP contribution in [0.1, 0.15) is 44.9 Å². The predicted octanol–water partition coefficient (Wildman–Crippen LogP) is 2.31. The van der Waals surface area contributed by atoms with E-state index in [0.717, 1.165) is 45.2 Å². The van der Waals surface area contributed by atoms with Gasteiger partial charge in [0.25, 0.3) is 0 Å². The number of nitrogens with zero attached hydrogens (tertiary/aromatic N) is 2. The van der Waals surface area contributed by atoms with Crippen molar-refractivity contribution in [3.05, 3.63) is 0 Å². The predicted molar refractivity (Wildman–Crippen MR) is 93.6 cm³/mol. The minimum atomic E-state index is 0.0671. The zero-order chi connectivity index (χ0) is 16.2. The van der Waals surface area contributed by atoms with Gasteiger partial charge in [-0.2, -0.15) is 11.8 Å². The first-order chi connectivity index (χ1) is 11.2. The molecule has 130 valence electrons. The van der Waals surface area contributed by atoms with Gasteiger partial charge in [-0.15, -0.1) is 0 Å². The highest BCUT2D eigenvalue weighted by Gasteiger charge is 2.34. The third-order valence-corrected chi connectivity index (χ3v) is 6.40. The second-order valence-electron chi connectivity index (χ2n) is 7.11. The third-order valence-electron chi connectivity index (χ3n) is 5.31. The van der Waals surface area contributed by atoms with E-state index < -0.39 is 0 Å². The van der Waals surface area contributed by atoms with Gasteiger partial charge >= 0.3 is 6.03 Å². The topological polar surface area (TPSA) is 52.7 Å². The number of hydrogen-bond donors (Lipinski definition) is 1. The van der Waals surface area contributed by atoms with Crippen LogP contribution in [0.25, 0.3) is 0 Å². The third kappa shape index (κ3) is 4.55. The molecule has 6 heteroatoms. The molecule has 2 saturated carbocycles. The van der Waals surface area contributed by atoms with E-state index >= 15 is 0 Å². The van der Waals surface area contributed by atoms with Gasteiger partial charge < -0.3 is 15.1 Å². The van der Waals surface area contributed by atoms with Crippen LogP contribution in [-0.2, 0) is 4.79 Å². The zero-order valence-corrected chi connectivity index (χ0v) is 14.9. The summed E-state index contributed by atoms with van der Waals surface area (Å²) in [6.45, 7) is 2.93. The molecule has 1 aliphatic heterocycles. The molecule has 2 atom stereocenters. The number of nitrogens with one attached hydrogen (secondary N) is 1. The van der Waals surface area contributed by atoms with Crippen molar-refractivity contribution >= 4 is 23.7 Å². The van der Waals surface area contributed by atoms with Crippen LogP contribution in [0, 0.1) is 5.92 Å². The Labute approximate surface area is 143 Å². The Morgan fingerprint density at radius 3 is 2.43 bits per heavy atom. The maximum Gasteiger partial charge on any atom is 0.317 e. The van der Waals surface area contributed by atoms with Crippen molar-refractivity contribution in [2.75, 3.05) is 32.4 Å². The van der Waals surface area contributed by atoms with Crippen LogP contribution in [0.5, 0.6) is 0 Å². The average Bonchev–Trinajstić information content (AvgIpc) is 3.40. The lowest BCUT2D eigenvalue weighted by molar-refractivity contribution is -0.132. The van der Waals surface area contributed by atoms with Crippen LogP contribution in [0.15, 0.2) is 0 Å². The molecule has 0 aromatic heterocycles. The van der Waals surface area contributed by atoms with Crippen LogP contribution < -0.4 is 5.32 Å². The van der Waals surface area contributed by atoms with Crippen molar-refractivity contribution < 1.29 is 9.59 Å². The number of rotatable bonds is 3. The number of thioether (sulfide) groups is 1. The molecule has 0 spiro atoms. The monoisotopic (exact) mass is 339 g/mol. The van der Waals surface area contributed by atoms with E-state index in [1.807, 2.05) is 21.6 Å². The maximum absolute atomic E-state index is 12.5. The molecule has 3 aliphatic rings. The van der Waals surface area contributed by atoms with E-state index in [-0.39, 0.29) is 11.9 Å². The molecule has 1 heterocycles. The second kappa shape index (κ2) is 7.77. The first kappa shape index (κ1) is 16.9. The molecule has 1 saturated heterocycles. The minimum absolute atomic E-state index is 0.0671. The molecule has 0 radical (unpaired) electrons. The Balaban J connectivity index is 1.46. The number of amides is 3. The van der Waals surface area contributed by atoms with Crippen molar-refractivity contribution in [1.82, 2.24) is 15.1 Å². The van der Waals surface area contributed by atoms with E-state index in [1.54, 1.807) is 0 Å². The highest BCUT2D eigenvalue weighted by atomic mass is 32.2. The fraction of sp³-hybridized carbons (Fsp3) is 0.882. The molecule has 0 unspecified atom stereocenters. The molecule has 0 aromatic carbocycles. The van der Waals surface area contributed by atoms with E-state index in [2.05, 4.69) is 11.6 Å². The fourth-order valence-corrected chi connectivity index (χ4v) is 4.51.